The van der Waals surface area contributed by atoms with Crippen molar-refractivity contribution in [2.75, 3.05) is 26.2 Å². The smallest absolute Gasteiger partial charge is 0.352 e. The van der Waals surface area contributed by atoms with E-state index in [4.69, 9.17) is 0 Å². The maximum atomic E-state index is 12.9. The zero-order chi connectivity index (χ0) is 21.9. The van der Waals surface area contributed by atoms with E-state index in [-0.39, 0.29) is 36.4 Å². The van der Waals surface area contributed by atoms with Crippen molar-refractivity contribution in [2.45, 2.75) is 43.8 Å². The maximum Gasteiger partial charge on any atom is 0.411 e. The second-order valence-electron chi connectivity index (χ2n) is 7.98. The van der Waals surface area contributed by atoms with Crippen LogP contribution in [0.3, 0.4) is 0 Å². The zero-order valence-electron chi connectivity index (χ0n) is 16.3. The van der Waals surface area contributed by atoms with Crippen LogP contribution < -0.4 is 10.6 Å². The summed E-state index contributed by atoms with van der Waals surface area (Å²) >= 11 is 0. The molecule has 166 valence electrons. The molecule has 30 heavy (non-hydrogen) atoms. The molecule has 0 radical (unpaired) electrons. The highest BCUT2D eigenvalue weighted by Crippen LogP contribution is 2.48. The van der Waals surface area contributed by atoms with Crippen LogP contribution in [-0.4, -0.2) is 54.6 Å². The van der Waals surface area contributed by atoms with Crippen molar-refractivity contribution in [3.05, 3.63) is 35.4 Å². The minimum atomic E-state index is -4.43. The number of halogens is 5. The van der Waals surface area contributed by atoms with Gasteiger partial charge in [-0.2, -0.15) is 13.2 Å². The highest BCUT2D eigenvalue weighted by Gasteiger charge is 2.64. The summed E-state index contributed by atoms with van der Waals surface area (Å²) in [5.74, 6) is -0.909. The first-order valence-electron chi connectivity index (χ1n) is 9.86. The van der Waals surface area contributed by atoms with Crippen molar-refractivity contribution < 1.29 is 31.5 Å². The molecule has 0 bridgehead atoms. The summed E-state index contributed by atoms with van der Waals surface area (Å²) in [5.41, 5.74) is -2.10. The fourth-order valence-electron chi connectivity index (χ4n) is 3.62. The molecule has 1 aliphatic carbocycles. The quantitative estimate of drug-likeness (QED) is 0.649. The summed E-state index contributed by atoms with van der Waals surface area (Å²) in [4.78, 5) is 26.0. The molecule has 2 amide bonds. The molecule has 2 fully saturated rings. The third-order valence-electron chi connectivity index (χ3n) is 5.70. The van der Waals surface area contributed by atoms with Crippen LogP contribution in [0.5, 0.6) is 0 Å². The Labute approximate surface area is 171 Å². The molecular weight excluding hydrogens is 409 g/mol. The Morgan fingerprint density at radius 2 is 1.83 bits per heavy atom. The Hall–Kier alpha value is -2.23. The number of nitrogens with zero attached hydrogens (tertiary/aromatic N) is 1. The van der Waals surface area contributed by atoms with Crippen molar-refractivity contribution in [1.82, 2.24) is 15.5 Å². The second-order valence-corrected chi connectivity index (χ2v) is 7.98. The van der Waals surface area contributed by atoms with Crippen molar-refractivity contribution in [2.24, 2.45) is 5.92 Å². The van der Waals surface area contributed by atoms with E-state index in [0.29, 0.717) is 32.5 Å². The van der Waals surface area contributed by atoms with Gasteiger partial charge in [0.25, 0.3) is 12.3 Å². The zero-order valence-corrected chi connectivity index (χ0v) is 16.3. The summed E-state index contributed by atoms with van der Waals surface area (Å²) in [5, 5.41) is 4.86. The van der Waals surface area contributed by atoms with E-state index in [2.05, 4.69) is 10.6 Å². The van der Waals surface area contributed by atoms with Gasteiger partial charge >= 0.3 is 6.18 Å². The van der Waals surface area contributed by atoms with Gasteiger partial charge in [-0.15, -0.1) is 0 Å². The van der Waals surface area contributed by atoms with Crippen molar-refractivity contribution in [3.8, 4) is 0 Å². The monoisotopic (exact) mass is 433 g/mol. The number of hydrogen-bond acceptors (Lipinski definition) is 3. The van der Waals surface area contributed by atoms with Crippen molar-refractivity contribution in [3.63, 3.8) is 0 Å². The molecule has 0 spiro atoms. The molecule has 0 unspecified atom stereocenters. The van der Waals surface area contributed by atoms with E-state index >= 15 is 0 Å². The molecule has 1 saturated heterocycles. The fourth-order valence-corrected chi connectivity index (χ4v) is 3.62. The number of rotatable bonds is 7. The van der Waals surface area contributed by atoms with Gasteiger partial charge in [0.2, 0.25) is 5.91 Å². The molecule has 2 N–H and O–H groups in total. The molecule has 0 atom stereocenters. The standard InChI is InChI=1S/C20H24F5N3O2/c21-17(22)14-2-1-3-15(10-14)18(30)26-11-13-4-8-28(9-5-13)12-16(29)27-19(6-7-19)20(23,24)25/h1-3,10,13,17H,4-9,11-12H2,(H,26,30)(H,27,29). The molecule has 2 aliphatic rings. The van der Waals surface area contributed by atoms with Crippen LogP contribution in [0.15, 0.2) is 24.3 Å². The number of piperidine rings is 1. The topological polar surface area (TPSA) is 61.4 Å². The Morgan fingerprint density at radius 3 is 2.40 bits per heavy atom. The third kappa shape index (κ3) is 5.47. The Kier molecular flexibility index (Phi) is 6.64. The van der Waals surface area contributed by atoms with Gasteiger partial charge in [-0.1, -0.05) is 12.1 Å². The Balaban J connectivity index is 1.39. The van der Waals surface area contributed by atoms with Crippen LogP contribution in [0, 0.1) is 5.92 Å². The van der Waals surface area contributed by atoms with Crippen molar-refractivity contribution in [1.29, 1.82) is 0 Å². The lowest BCUT2D eigenvalue weighted by atomic mass is 9.96. The molecule has 1 aromatic carbocycles. The lowest BCUT2D eigenvalue weighted by Crippen LogP contribution is -2.51. The van der Waals surface area contributed by atoms with E-state index in [1.165, 1.54) is 18.2 Å². The van der Waals surface area contributed by atoms with E-state index < -0.39 is 30.0 Å². The van der Waals surface area contributed by atoms with Gasteiger partial charge < -0.3 is 10.6 Å². The Morgan fingerprint density at radius 1 is 1.17 bits per heavy atom. The number of amides is 2. The first-order valence-corrected chi connectivity index (χ1v) is 9.86. The summed E-state index contributed by atoms with van der Waals surface area (Å²) in [7, 11) is 0. The van der Waals surface area contributed by atoms with Gasteiger partial charge in [0.05, 0.1) is 6.54 Å². The minimum Gasteiger partial charge on any atom is -0.352 e. The second kappa shape index (κ2) is 8.87. The average Bonchev–Trinajstić information content (AvgIpc) is 3.48. The van der Waals surface area contributed by atoms with Crippen LogP contribution >= 0.6 is 0 Å². The highest BCUT2D eigenvalue weighted by molar-refractivity contribution is 5.94. The predicted molar refractivity (Wildman–Crippen MR) is 99.1 cm³/mol. The van der Waals surface area contributed by atoms with Crippen LogP contribution in [0.1, 0.15) is 48.0 Å². The number of likely N-dealkylation sites (tertiary alicyclic amines) is 1. The van der Waals surface area contributed by atoms with Crippen LogP contribution in [0.4, 0.5) is 22.0 Å². The van der Waals surface area contributed by atoms with Crippen LogP contribution in [0.25, 0.3) is 0 Å². The fraction of sp³-hybridized carbons (Fsp3) is 0.600. The first-order chi connectivity index (χ1) is 14.1. The molecular formula is C20H24F5N3O2. The predicted octanol–water partition coefficient (Wildman–Crippen LogP) is 3.28. The summed E-state index contributed by atoms with van der Waals surface area (Å²) in [6, 6.07) is 5.29. The van der Waals surface area contributed by atoms with Gasteiger partial charge in [0.1, 0.15) is 5.54 Å². The molecule has 1 aromatic rings. The van der Waals surface area contributed by atoms with Gasteiger partial charge in [0, 0.05) is 17.7 Å². The van der Waals surface area contributed by atoms with E-state index in [1.54, 1.807) is 4.90 Å². The number of benzene rings is 1. The highest BCUT2D eigenvalue weighted by atomic mass is 19.4. The van der Waals surface area contributed by atoms with Crippen LogP contribution in [0.2, 0.25) is 0 Å². The number of carbonyl (C=O) groups excluding carboxylic acids is 2. The molecule has 3 rings (SSSR count). The lowest BCUT2D eigenvalue weighted by molar-refractivity contribution is -0.170. The number of hydrogen-bond donors (Lipinski definition) is 2. The van der Waals surface area contributed by atoms with Gasteiger partial charge in [0.15, 0.2) is 0 Å². The SMILES string of the molecule is O=C(CN1CCC(CNC(=O)c2cccc(C(F)F)c2)CC1)NC1(C(F)(F)F)CC1. The summed E-state index contributed by atoms with van der Waals surface area (Å²) in [6.45, 7) is 1.36. The minimum absolute atomic E-state index is 0.0791. The average molecular weight is 433 g/mol. The molecule has 10 heteroatoms. The first kappa shape index (κ1) is 22.5. The Bertz CT molecular complexity index is 772. The normalized spacial score (nSPS) is 19.5. The molecule has 1 aliphatic heterocycles. The van der Waals surface area contributed by atoms with Gasteiger partial charge in [-0.3, -0.25) is 14.5 Å². The lowest BCUT2D eigenvalue weighted by Gasteiger charge is -2.32. The molecule has 0 aromatic heterocycles. The van der Waals surface area contributed by atoms with Crippen LogP contribution in [-0.2, 0) is 4.79 Å². The number of carbonyl (C=O) groups is 2. The third-order valence-corrected chi connectivity index (χ3v) is 5.70. The number of alkyl halides is 5. The molecule has 1 heterocycles. The maximum absolute atomic E-state index is 12.9. The molecule has 5 nitrogen and oxygen atoms in total. The summed E-state index contributed by atoms with van der Waals surface area (Å²) in [6.07, 6.45) is -5.88. The van der Waals surface area contributed by atoms with E-state index in [0.717, 1.165) is 6.07 Å². The van der Waals surface area contributed by atoms with E-state index in [1.807, 2.05) is 0 Å². The largest absolute Gasteiger partial charge is 0.411 e. The van der Waals surface area contributed by atoms with Gasteiger partial charge in [-0.05, 0) is 56.8 Å². The van der Waals surface area contributed by atoms with E-state index in [9.17, 15) is 31.5 Å². The molecule has 1 saturated carbocycles. The van der Waals surface area contributed by atoms with Gasteiger partial charge in [-0.25, -0.2) is 8.78 Å². The number of nitrogens with one attached hydrogen (secondary N) is 2. The van der Waals surface area contributed by atoms with Crippen molar-refractivity contribution >= 4 is 11.8 Å². The summed E-state index contributed by atoms with van der Waals surface area (Å²) < 4.78 is 64.3.